The summed E-state index contributed by atoms with van der Waals surface area (Å²) in [6.45, 7) is 2.23. The van der Waals surface area contributed by atoms with E-state index in [1.807, 2.05) is 52.4 Å². The molecule has 1 aromatic carbocycles. The van der Waals surface area contributed by atoms with Crippen molar-refractivity contribution in [2.75, 3.05) is 11.1 Å². The van der Waals surface area contributed by atoms with E-state index in [4.69, 9.17) is 0 Å². The van der Waals surface area contributed by atoms with Crippen LogP contribution in [0.2, 0.25) is 0 Å². The molecule has 9 heteroatoms. The normalized spacial score (nSPS) is 15.1. The summed E-state index contributed by atoms with van der Waals surface area (Å²) in [5.74, 6) is 1.40. The first-order chi connectivity index (χ1) is 16.1. The molecule has 0 fully saturated rings. The van der Waals surface area contributed by atoms with Gasteiger partial charge in [-0.05, 0) is 54.3 Å². The number of nitrogens with one attached hydrogen (secondary N) is 1. The molecule has 33 heavy (non-hydrogen) atoms. The van der Waals surface area contributed by atoms with Crippen LogP contribution in [0.5, 0.6) is 0 Å². The molecule has 1 N–H and O–H groups in total. The maximum atomic E-state index is 12.8. The van der Waals surface area contributed by atoms with E-state index in [1.54, 1.807) is 22.7 Å². The van der Waals surface area contributed by atoms with E-state index in [0.717, 1.165) is 41.2 Å². The van der Waals surface area contributed by atoms with E-state index in [1.165, 1.54) is 16.6 Å². The van der Waals surface area contributed by atoms with Crippen molar-refractivity contribution < 1.29 is 4.79 Å². The number of fused-ring (bicyclic) bond motifs is 1. The third kappa shape index (κ3) is 4.47. The summed E-state index contributed by atoms with van der Waals surface area (Å²) in [6.07, 6.45) is 2.97. The number of nitrogens with zero attached hydrogens (tertiary/aromatic N) is 4. The van der Waals surface area contributed by atoms with Crippen LogP contribution in [-0.4, -0.2) is 26.4 Å². The maximum absolute atomic E-state index is 12.8. The number of para-hydroxylation sites is 1. The Morgan fingerprint density at radius 2 is 2.12 bits per heavy atom. The van der Waals surface area contributed by atoms with E-state index in [0.29, 0.717) is 21.6 Å². The molecule has 0 radical (unpaired) electrons. The monoisotopic (exact) mass is 491 g/mol. The van der Waals surface area contributed by atoms with Crippen molar-refractivity contribution in [1.29, 1.82) is 5.26 Å². The van der Waals surface area contributed by atoms with Gasteiger partial charge in [0.25, 0.3) is 0 Å². The summed E-state index contributed by atoms with van der Waals surface area (Å²) >= 11 is 4.49. The van der Waals surface area contributed by atoms with E-state index < -0.39 is 0 Å². The van der Waals surface area contributed by atoms with Crippen LogP contribution >= 0.6 is 34.4 Å². The number of nitriles is 1. The number of rotatable bonds is 6. The quantitative estimate of drug-likeness (QED) is 0.345. The van der Waals surface area contributed by atoms with Gasteiger partial charge in [-0.1, -0.05) is 43.0 Å². The lowest BCUT2D eigenvalue weighted by Crippen LogP contribution is -2.14. The Bertz CT molecular complexity index is 1320. The zero-order valence-corrected chi connectivity index (χ0v) is 20.4. The van der Waals surface area contributed by atoms with Gasteiger partial charge in [-0.25, -0.2) is 0 Å². The Balaban J connectivity index is 1.35. The van der Waals surface area contributed by atoms with Crippen molar-refractivity contribution in [2.45, 2.75) is 31.3 Å². The second-order valence-electron chi connectivity index (χ2n) is 7.96. The Labute approximate surface area is 204 Å². The van der Waals surface area contributed by atoms with Crippen LogP contribution < -0.4 is 5.32 Å². The first-order valence-electron chi connectivity index (χ1n) is 10.7. The number of amides is 1. The molecule has 0 bridgehead atoms. The van der Waals surface area contributed by atoms with E-state index in [9.17, 15) is 10.1 Å². The van der Waals surface area contributed by atoms with Gasteiger partial charge in [0.1, 0.15) is 11.1 Å². The standard InChI is InChI=1S/C24H21N5OS3/c1-15-9-10-17-18(13-25)23(33-20(17)12-15)26-21(30)14-32-24-28-27-22(19-8-5-11-31-19)29(24)16-6-3-2-4-7-16/h2-8,11,15H,9-10,12,14H2,1H3,(H,26,30)/t15-/m0/s1. The van der Waals surface area contributed by atoms with Crippen molar-refractivity contribution in [3.05, 3.63) is 63.8 Å². The summed E-state index contributed by atoms with van der Waals surface area (Å²) in [6, 6.07) is 16.2. The first kappa shape index (κ1) is 21.9. The lowest BCUT2D eigenvalue weighted by molar-refractivity contribution is -0.113. The molecule has 0 saturated heterocycles. The molecule has 0 saturated carbocycles. The molecule has 1 aliphatic carbocycles. The Hall–Kier alpha value is -2.93. The number of carbonyl (C=O) groups excluding carboxylic acids is 1. The van der Waals surface area contributed by atoms with E-state index in [-0.39, 0.29) is 11.7 Å². The number of aromatic nitrogens is 3. The van der Waals surface area contributed by atoms with Gasteiger partial charge in [0, 0.05) is 10.6 Å². The SMILES string of the molecule is C[C@H]1CCc2c(sc(NC(=O)CSc3nnc(-c4cccs4)n3-c3ccccc3)c2C#N)C1. The minimum absolute atomic E-state index is 0.150. The number of carbonyl (C=O) groups is 1. The molecule has 166 valence electrons. The van der Waals surface area contributed by atoms with Crippen LogP contribution in [0.1, 0.15) is 29.3 Å². The molecule has 1 aliphatic rings. The van der Waals surface area contributed by atoms with Gasteiger partial charge in [0.05, 0.1) is 16.2 Å². The van der Waals surface area contributed by atoms with Crippen molar-refractivity contribution in [1.82, 2.24) is 14.8 Å². The number of hydrogen-bond acceptors (Lipinski definition) is 7. The average Bonchev–Trinajstić information content (AvgIpc) is 3.56. The summed E-state index contributed by atoms with van der Waals surface area (Å²) < 4.78 is 1.98. The second-order valence-corrected chi connectivity index (χ2v) is 11.0. The van der Waals surface area contributed by atoms with Crippen molar-refractivity contribution >= 4 is 45.3 Å². The first-order valence-corrected chi connectivity index (χ1v) is 13.3. The van der Waals surface area contributed by atoms with Crippen LogP contribution in [0.15, 0.2) is 53.0 Å². The molecule has 4 aromatic rings. The van der Waals surface area contributed by atoms with E-state index >= 15 is 0 Å². The molecule has 0 spiro atoms. The number of hydrogen-bond donors (Lipinski definition) is 1. The molecule has 0 unspecified atom stereocenters. The molecule has 0 aliphatic heterocycles. The smallest absolute Gasteiger partial charge is 0.235 e. The fourth-order valence-electron chi connectivity index (χ4n) is 3.99. The third-order valence-electron chi connectivity index (χ3n) is 5.60. The van der Waals surface area contributed by atoms with E-state index in [2.05, 4.69) is 28.5 Å². The van der Waals surface area contributed by atoms with Crippen LogP contribution in [-0.2, 0) is 17.6 Å². The van der Waals surface area contributed by atoms with Gasteiger partial charge in [0.2, 0.25) is 5.91 Å². The van der Waals surface area contributed by atoms with Gasteiger partial charge in [-0.3, -0.25) is 9.36 Å². The molecule has 5 rings (SSSR count). The zero-order valence-electron chi connectivity index (χ0n) is 17.9. The average molecular weight is 492 g/mol. The summed E-state index contributed by atoms with van der Waals surface area (Å²) in [7, 11) is 0. The van der Waals surface area contributed by atoms with Crippen LogP contribution in [0.4, 0.5) is 5.00 Å². The highest BCUT2D eigenvalue weighted by Crippen LogP contribution is 2.39. The molecule has 1 amide bonds. The molecular formula is C24H21N5OS3. The summed E-state index contributed by atoms with van der Waals surface area (Å²) in [5.41, 5.74) is 2.70. The maximum Gasteiger partial charge on any atom is 0.235 e. The van der Waals surface area contributed by atoms with Gasteiger partial charge < -0.3 is 5.32 Å². The fraction of sp³-hybridized carbons (Fsp3) is 0.250. The number of benzene rings is 1. The minimum Gasteiger partial charge on any atom is -0.316 e. The molecule has 3 aromatic heterocycles. The molecule has 3 heterocycles. The predicted octanol–water partition coefficient (Wildman–Crippen LogP) is 5.78. The van der Waals surface area contributed by atoms with Crippen LogP contribution in [0.3, 0.4) is 0 Å². The highest BCUT2D eigenvalue weighted by molar-refractivity contribution is 7.99. The van der Waals surface area contributed by atoms with Gasteiger partial charge in [0.15, 0.2) is 11.0 Å². The fourth-order valence-corrected chi connectivity index (χ4v) is 6.82. The Morgan fingerprint density at radius 1 is 1.27 bits per heavy atom. The Morgan fingerprint density at radius 3 is 2.88 bits per heavy atom. The predicted molar refractivity (Wildman–Crippen MR) is 134 cm³/mol. The Kier molecular flexibility index (Phi) is 6.31. The second kappa shape index (κ2) is 9.51. The molecular weight excluding hydrogens is 470 g/mol. The molecule has 1 atom stereocenters. The zero-order chi connectivity index (χ0) is 22.8. The largest absolute Gasteiger partial charge is 0.316 e. The lowest BCUT2D eigenvalue weighted by atomic mass is 9.89. The van der Waals surface area contributed by atoms with Crippen molar-refractivity contribution in [3.8, 4) is 22.5 Å². The van der Waals surface area contributed by atoms with Crippen LogP contribution in [0.25, 0.3) is 16.4 Å². The van der Waals surface area contributed by atoms with Gasteiger partial charge in [-0.2, -0.15) is 5.26 Å². The lowest BCUT2D eigenvalue weighted by Gasteiger charge is -2.17. The van der Waals surface area contributed by atoms with Gasteiger partial charge >= 0.3 is 0 Å². The van der Waals surface area contributed by atoms with Gasteiger partial charge in [-0.15, -0.1) is 32.9 Å². The number of thiophene rings is 2. The number of thioether (sulfide) groups is 1. The van der Waals surface area contributed by atoms with Crippen LogP contribution in [0, 0.1) is 17.2 Å². The highest BCUT2D eigenvalue weighted by atomic mass is 32.2. The van der Waals surface area contributed by atoms with Crippen molar-refractivity contribution in [3.63, 3.8) is 0 Å². The summed E-state index contributed by atoms with van der Waals surface area (Å²) in [4.78, 5) is 15.1. The number of anilines is 1. The van der Waals surface area contributed by atoms with Crippen molar-refractivity contribution in [2.24, 2.45) is 5.92 Å². The molecule has 6 nitrogen and oxygen atoms in total. The third-order valence-corrected chi connectivity index (χ3v) is 8.56. The highest BCUT2D eigenvalue weighted by Gasteiger charge is 2.25. The summed E-state index contributed by atoms with van der Waals surface area (Å²) in [5, 5.41) is 24.8. The topological polar surface area (TPSA) is 83.6 Å². The minimum atomic E-state index is -0.150.